The number of aliphatic hydroxyl groups excluding tert-OH is 1. The SMILES string of the molecule is C=C[PH+](c1ccccc1)c1ccccc1.C=Cc1ccccn1.C=Cc1ccncc1.C=Cc1ccncc1.C=Cc1ccncc1.CC1=N[N+](c2ccccc2)=C(O)C1N=Nc1ccccc1O.Oc1ccccc1N=Nc1c(O)ccc2ccccc12.Oc1ccccc1N=Nc1ccccc1O.Oc1ccccc1N=Nc1ccccc1O.Oc1ccccc1[SH+]c1ccccc1O.[Ni].[Ni].[Ni].[Pd].[Pd]. The Kier molecular flexibility index (Phi) is 56.2. The third kappa shape index (κ3) is 40.8. The first-order valence-electron chi connectivity index (χ1n) is 41.9. The predicted octanol–water partition coefficient (Wildman–Crippen LogP) is 27.4. The Morgan fingerprint density at radius 3 is 0.936 bits per heavy atom. The molecule has 1 aliphatic rings. The minimum Gasteiger partial charge on any atom is -0.506 e. The fourth-order valence-corrected chi connectivity index (χ4v) is 14.3. The molecule has 1 atom stereocenters. The smallest absolute Gasteiger partial charge is 0.404 e. The van der Waals surface area contributed by atoms with Crippen molar-refractivity contribution in [2.45, 2.75) is 22.8 Å². The Labute approximate surface area is 882 Å². The Morgan fingerprint density at radius 2 is 0.617 bits per heavy atom. The van der Waals surface area contributed by atoms with Crippen LogP contribution in [0.15, 0.2) is 514 Å². The van der Waals surface area contributed by atoms with Gasteiger partial charge in [-0.05, 0) is 216 Å². The molecule has 24 nitrogen and oxygen atoms in total. The van der Waals surface area contributed by atoms with Crippen LogP contribution in [0.1, 0.15) is 29.3 Å². The second-order valence-corrected chi connectivity index (χ2v) is 31.5. The van der Waals surface area contributed by atoms with Gasteiger partial charge in [-0.1, -0.05) is 239 Å². The van der Waals surface area contributed by atoms with Crippen molar-refractivity contribution in [3.8, 4) is 51.7 Å². The van der Waals surface area contributed by atoms with Crippen LogP contribution in [0.25, 0.3) is 35.1 Å². The zero-order chi connectivity index (χ0) is 96.7. The van der Waals surface area contributed by atoms with Crippen molar-refractivity contribution < 1.29 is 146 Å². The third-order valence-electron chi connectivity index (χ3n) is 18.5. The van der Waals surface area contributed by atoms with Gasteiger partial charge in [-0.15, -0.1) is 30.7 Å². The van der Waals surface area contributed by atoms with E-state index in [4.69, 9.17) is 0 Å². The summed E-state index contributed by atoms with van der Waals surface area (Å²) in [6, 6.07) is 112. The molecule has 0 saturated heterocycles. The zero-order valence-electron chi connectivity index (χ0n) is 75.6. The van der Waals surface area contributed by atoms with E-state index in [0.29, 0.717) is 45.5 Å². The van der Waals surface area contributed by atoms with Crippen LogP contribution < -0.4 is 10.6 Å². The van der Waals surface area contributed by atoms with Crippen LogP contribution in [0.3, 0.4) is 0 Å². The molecule has 13 aromatic carbocycles. The third-order valence-corrected chi connectivity index (χ3v) is 22.0. The molecule has 0 amide bonds. The molecule has 31 heteroatoms. The van der Waals surface area contributed by atoms with E-state index in [2.05, 4.69) is 165 Å². The molecule has 0 spiro atoms. The van der Waals surface area contributed by atoms with E-state index in [-0.39, 0.29) is 148 Å². The fraction of sp³-hybridized carbons (Fsp3) is 0.0182. The zero-order valence-corrected chi connectivity index (χ0v) is 83.6. The van der Waals surface area contributed by atoms with E-state index in [1.54, 1.807) is 214 Å². The summed E-state index contributed by atoms with van der Waals surface area (Å²) in [4.78, 5) is 17.1. The Hall–Kier alpha value is -15.3. The Bertz CT molecular complexity index is 6390. The Morgan fingerprint density at radius 1 is 0.305 bits per heavy atom. The van der Waals surface area contributed by atoms with E-state index in [1.807, 2.05) is 140 Å². The number of aromatic hydroxyl groups is 9. The van der Waals surface area contributed by atoms with Gasteiger partial charge in [0.2, 0.25) is 11.7 Å². The van der Waals surface area contributed by atoms with Gasteiger partial charge < -0.3 is 51.1 Å². The molecule has 17 aromatic rings. The average Bonchev–Trinajstić information content (AvgIpc) is 1.80. The van der Waals surface area contributed by atoms with Crippen molar-refractivity contribution in [1.29, 1.82) is 0 Å². The molecule has 10 N–H and O–H groups in total. The maximum atomic E-state index is 10.3. The molecule has 141 heavy (non-hydrogen) atoms. The largest absolute Gasteiger partial charge is 0.506 e. The van der Waals surface area contributed by atoms with Crippen LogP contribution in [0.4, 0.5) is 45.5 Å². The molecule has 4 aromatic heterocycles. The molecule has 1 unspecified atom stereocenters. The molecule has 0 radical (unpaired) electrons. The number of hydrogen-bond donors (Lipinski definition) is 10. The van der Waals surface area contributed by atoms with Gasteiger partial charge in [0.1, 0.15) is 96.4 Å². The number of para-hydroxylation sites is 9. The van der Waals surface area contributed by atoms with Crippen molar-refractivity contribution in [3.63, 3.8) is 0 Å². The number of rotatable bonds is 18. The standard InChI is InChI=1S/C16H14N4O2.C16H12N2O2.C14H13P.2C12H10N2O2.C12H10O2S.4C7H7N.3Ni.2Pd/c1-11-15(18-17-13-9-5-6-10-14(13)21)16(22)20(19-11)12-7-3-2-4-8-12;19-14-8-4-3-7-13(14)17-18-16-12-6-2-1-5-11(12)9-10-15(16)20;1-2-15(13-9-5-3-6-10-13)14-11-7-4-8-12-14;2*15-11-7-3-1-5-9(11)13-14-10-6-2-4-8-12(10)16;13-9-5-1-3-7-11(9)15-12-8-4-2-6-10(12)14;3*1-2-7-3-5-8-6-4-7;1-2-7-5-3-4-6-8-7;;;;;/h2-10,15H,1H3,(H,18,21);1-10,19-20H;2-12H,1H2;2*1-8,15-16H;1-8,13-14H;4*2-6H,1H2;;;;;/p+3. The molecule has 0 fully saturated rings. The number of hydrazone groups is 1. The number of nitrogens with zero attached hydrogens (tertiary/aromatic N) is 14. The molecule has 0 aliphatic carbocycles. The summed E-state index contributed by atoms with van der Waals surface area (Å²) in [6.07, 6.45) is 19.3. The van der Waals surface area contributed by atoms with Gasteiger partial charge in [-0.3, -0.25) is 19.9 Å². The van der Waals surface area contributed by atoms with Gasteiger partial charge in [-0.25, -0.2) is 0 Å². The van der Waals surface area contributed by atoms with Crippen LogP contribution in [0.5, 0.6) is 51.7 Å². The minimum atomic E-state index is -0.775. The number of phenolic OH excluding ortho intramolecular Hbond substituents is 9. The van der Waals surface area contributed by atoms with Gasteiger partial charge in [0, 0.05) is 156 Å². The molecular weight excluding hydrogens is 2130 g/mol. The first-order valence-corrected chi connectivity index (χ1v) is 44.4. The van der Waals surface area contributed by atoms with Crippen molar-refractivity contribution in [2.24, 2.45) is 46.0 Å². The molecule has 728 valence electrons. The van der Waals surface area contributed by atoms with Gasteiger partial charge in [0.25, 0.3) is 0 Å². The van der Waals surface area contributed by atoms with Gasteiger partial charge in [-0.2, -0.15) is 10.2 Å². The van der Waals surface area contributed by atoms with E-state index in [9.17, 15) is 51.1 Å². The maximum Gasteiger partial charge on any atom is 0.404 e. The van der Waals surface area contributed by atoms with Crippen molar-refractivity contribution in [3.05, 3.63) is 481 Å². The normalized spacial score (nSPS) is 10.9. The Balaban J connectivity index is 0.000000331. The average molecular weight is 2230 g/mol. The van der Waals surface area contributed by atoms with Crippen LogP contribution in [0.2, 0.25) is 0 Å². The topological polar surface area (TPSA) is 368 Å². The van der Waals surface area contributed by atoms with Crippen LogP contribution in [-0.2, 0) is 102 Å². The summed E-state index contributed by atoms with van der Waals surface area (Å²) >= 11 is 0.808. The number of phenols is 9. The molecular formula is C110H100N14Ni3O10PPd2S+3. The summed E-state index contributed by atoms with van der Waals surface area (Å²) < 4.78 is 1.43. The number of thiol groups is 1. The van der Waals surface area contributed by atoms with Gasteiger partial charge in [0.15, 0.2) is 21.3 Å². The van der Waals surface area contributed by atoms with Gasteiger partial charge >= 0.3 is 5.90 Å². The van der Waals surface area contributed by atoms with Crippen molar-refractivity contribution in [2.75, 3.05) is 0 Å². The van der Waals surface area contributed by atoms with E-state index in [0.717, 1.165) is 60.4 Å². The maximum absolute atomic E-state index is 10.3. The minimum absolute atomic E-state index is 0. The molecule has 18 rings (SSSR count). The number of azo groups is 4. The molecule has 0 bridgehead atoms. The summed E-state index contributed by atoms with van der Waals surface area (Å²) in [5.41, 5.74) is 8.20. The summed E-state index contributed by atoms with van der Waals surface area (Å²) in [7, 11) is -0.775. The van der Waals surface area contributed by atoms with Crippen LogP contribution in [0, 0.1) is 0 Å². The quantitative estimate of drug-likeness (QED) is 0.00953. The van der Waals surface area contributed by atoms with Crippen molar-refractivity contribution >= 4 is 122 Å². The molecule has 1 aliphatic heterocycles. The summed E-state index contributed by atoms with van der Waals surface area (Å²) in [6.45, 7) is 20.1. The number of hydrogen-bond acceptors (Lipinski definition) is 22. The first-order chi connectivity index (χ1) is 66.4. The summed E-state index contributed by atoms with van der Waals surface area (Å²) in [5.74, 6) is 2.96. The molecule has 5 heterocycles. The van der Waals surface area contributed by atoms with E-state index >= 15 is 0 Å². The van der Waals surface area contributed by atoms with Crippen molar-refractivity contribution in [1.82, 2.24) is 19.9 Å². The number of aromatic nitrogens is 4. The second kappa shape index (κ2) is 67.1. The second-order valence-electron chi connectivity index (χ2n) is 27.9. The van der Waals surface area contributed by atoms with Gasteiger partial charge in [0.05, 0.1) is 31.2 Å². The predicted molar refractivity (Wildman–Crippen MR) is 552 cm³/mol. The molecule has 0 saturated carbocycles. The van der Waals surface area contributed by atoms with E-state index < -0.39 is 14.0 Å². The first kappa shape index (κ1) is 118. The van der Waals surface area contributed by atoms with E-state index in [1.165, 1.54) is 51.7 Å². The number of aliphatic hydroxyl groups is 1. The monoisotopic (exact) mass is 2230 g/mol. The number of benzene rings is 13. The summed E-state index contributed by atoms with van der Waals surface area (Å²) in [5, 5.41) is 137. The van der Waals surface area contributed by atoms with Crippen LogP contribution in [-0.4, -0.2) is 93.3 Å². The fourth-order valence-electron chi connectivity index (χ4n) is 11.4. The number of pyridine rings is 4. The number of fused-ring (bicyclic) bond motifs is 1. The van der Waals surface area contributed by atoms with Crippen LogP contribution >= 0.6 is 7.92 Å².